The summed E-state index contributed by atoms with van der Waals surface area (Å²) in [7, 11) is -3.64. The molecule has 0 bridgehead atoms. The van der Waals surface area contributed by atoms with Gasteiger partial charge in [0.15, 0.2) is 6.61 Å². The summed E-state index contributed by atoms with van der Waals surface area (Å²) in [5.74, 6) is -3.39. The molecule has 0 atom stereocenters. The van der Waals surface area contributed by atoms with Gasteiger partial charge in [0.25, 0.3) is 5.91 Å². The predicted molar refractivity (Wildman–Crippen MR) is 109 cm³/mol. The van der Waals surface area contributed by atoms with Crippen molar-refractivity contribution in [3.63, 3.8) is 0 Å². The van der Waals surface area contributed by atoms with E-state index < -0.39 is 40.1 Å². The number of esters is 1. The summed E-state index contributed by atoms with van der Waals surface area (Å²) in [6, 6.07) is 7.91. The summed E-state index contributed by atoms with van der Waals surface area (Å²) in [6.07, 6.45) is 3.62. The molecule has 2 aromatic carbocycles. The molecule has 1 heterocycles. The van der Waals surface area contributed by atoms with Crippen LogP contribution in [0.4, 0.5) is 14.5 Å². The van der Waals surface area contributed by atoms with Crippen molar-refractivity contribution in [2.24, 2.45) is 0 Å². The lowest BCUT2D eigenvalue weighted by molar-refractivity contribution is -0.119. The Balaban J connectivity index is 1.58. The quantitative estimate of drug-likeness (QED) is 0.679. The number of amides is 1. The number of benzene rings is 2. The zero-order valence-electron chi connectivity index (χ0n) is 16.6. The third kappa shape index (κ3) is 5.86. The number of hydrogen-bond acceptors (Lipinski definition) is 5. The third-order valence-electron chi connectivity index (χ3n) is 4.83. The van der Waals surface area contributed by atoms with E-state index in [1.165, 1.54) is 28.6 Å². The maximum atomic E-state index is 13.6. The molecule has 1 aliphatic rings. The van der Waals surface area contributed by atoms with Crippen molar-refractivity contribution in [1.82, 2.24) is 4.31 Å². The van der Waals surface area contributed by atoms with Crippen LogP contribution in [0.1, 0.15) is 36.0 Å². The first-order valence-electron chi connectivity index (χ1n) is 9.79. The Morgan fingerprint density at radius 3 is 2.23 bits per heavy atom. The molecule has 0 unspecified atom stereocenters. The van der Waals surface area contributed by atoms with Gasteiger partial charge in [-0.3, -0.25) is 4.79 Å². The minimum atomic E-state index is -3.64. The average Bonchev–Trinajstić information content (AvgIpc) is 3.04. The lowest BCUT2D eigenvalue weighted by atomic mass is 10.2. The molecule has 0 saturated carbocycles. The highest BCUT2D eigenvalue weighted by atomic mass is 32.2. The van der Waals surface area contributed by atoms with Gasteiger partial charge in [0.05, 0.1) is 16.1 Å². The van der Waals surface area contributed by atoms with Crippen molar-refractivity contribution < 1.29 is 31.5 Å². The number of hydrogen-bond donors (Lipinski definition) is 1. The summed E-state index contributed by atoms with van der Waals surface area (Å²) in [5.41, 5.74) is -0.180. The molecule has 0 aromatic heterocycles. The first kappa shape index (κ1) is 22.8. The van der Waals surface area contributed by atoms with Crippen molar-refractivity contribution in [3.8, 4) is 0 Å². The number of rotatable bonds is 6. The van der Waals surface area contributed by atoms with E-state index in [0.717, 1.165) is 37.8 Å². The number of carbonyl (C=O) groups is 2. The highest BCUT2D eigenvalue weighted by molar-refractivity contribution is 7.89. The molecule has 10 heteroatoms. The molecule has 0 radical (unpaired) electrons. The number of ether oxygens (including phenoxy) is 1. The Hall–Kier alpha value is -2.85. The van der Waals surface area contributed by atoms with Gasteiger partial charge < -0.3 is 10.1 Å². The predicted octanol–water partition coefficient (Wildman–Crippen LogP) is 3.33. The van der Waals surface area contributed by atoms with Gasteiger partial charge in [-0.05, 0) is 49.2 Å². The van der Waals surface area contributed by atoms with Gasteiger partial charge in [-0.1, -0.05) is 12.8 Å². The van der Waals surface area contributed by atoms with E-state index in [-0.39, 0.29) is 16.1 Å². The van der Waals surface area contributed by atoms with Gasteiger partial charge in [0.2, 0.25) is 10.0 Å². The molecular weight excluding hydrogens is 430 g/mol. The minimum absolute atomic E-state index is 0.0654. The fourth-order valence-corrected chi connectivity index (χ4v) is 4.70. The van der Waals surface area contributed by atoms with Gasteiger partial charge in [0, 0.05) is 19.2 Å². The molecule has 0 spiro atoms. The Bertz CT molecular complexity index is 1050. The zero-order valence-corrected chi connectivity index (χ0v) is 17.5. The van der Waals surface area contributed by atoms with E-state index in [9.17, 15) is 26.8 Å². The molecule has 1 aliphatic heterocycles. The van der Waals surface area contributed by atoms with Crippen molar-refractivity contribution in [1.29, 1.82) is 0 Å². The third-order valence-corrected chi connectivity index (χ3v) is 6.75. The van der Waals surface area contributed by atoms with Crippen molar-refractivity contribution in [2.45, 2.75) is 30.6 Å². The molecule has 7 nitrogen and oxygen atoms in total. The highest BCUT2D eigenvalue weighted by Crippen LogP contribution is 2.21. The van der Waals surface area contributed by atoms with Crippen LogP contribution in [-0.4, -0.2) is 44.3 Å². The van der Waals surface area contributed by atoms with Crippen LogP contribution in [0.5, 0.6) is 0 Å². The van der Waals surface area contributed by atoms with Crippen LogP contribution in [0, 0.1) is 11.6 Å². The first-order valence-corrected chi connectivity index (χ1v) is 11.2. The lowest BCUT2D eigenvalue weighted by Crippen LogP contribution is -2.31. The monoisotopic (exact) mass is 452 g/mol. The van der Waals surface area contributed by atoms with Gasteiger partial charge in [-0.15, -0.1) is 0 Å². The first-order chi connectivity index (χ1) is 14.8. The molecule has 3 rings (SSSR count). The van der Waals surface area contributed by atoms with E-state index in [1.54, 1.807) is 0 Å². The van der Waals surface area contributed by atoms with E-state index in [1.807, 2.05) is 0 Å². The second kappa shape index (κ2) is 9.97. The maximum absolute atomic E-state index is 13.6. The normalized spacial score (nSPS) is 15.2. The van der Waals surface area contributed by atoms with Crippen LogP contribution in [-0.2, 0) is 19.6 Å². The molecule has 1 N–H and O–H groups in total. The smallest absolute Gasteiger partial charge is 0.338 e. The topological polar surface area (TPSA) is 92.8 Å². The minimum Gasteiger partial charge on any atom is -0.452 e. The lowest BCUT2D eigenvalue weighted by Gasteiger charge is -2.19. The van der Waals surface area contributed by atoms with Crippen molar-refractivity contribution >= 4 is 27.6 Å². The zero-order chi connectivity index (χ0) is 22.4. The Kier molecular flexibility index (Phi) is 7.34. The molecule has 1 fully saturated rings. The van der Waals surface area contributed by atoms with Gasteiger partial charge in [-0.2, -0.15) is 4.31 Å². The molecule has 166 valence electrons. The van der Waals surface area contributed by atoms with Crippen molar-refractivity contribution in [3.05, 3.63) is 59.7 Å². The summed E-state index contributed by atoms with van der Waals surface area (Å²) in [6.45, 7) is 0.245. The van der Waals surface area contributed by atoms with E-state index in [4.69, 9.17) is 4.74 Å². The highest BCUT2D eigenvalue weighted by Gasteiger charge is 2.25. The maximum Gasteiger partial charge on any atom is 0.338 e. The molecule has 0 aliphatic carbocycles. The van der Waals surface area contributed by atoms with E-state index in [0.29, 0.717) is 19.2 Å². The van der Waals surface area contributed by atoms with Crippen LogP contribution in [0.3, 0.4) is 0 Å². The van der Waals surface area contributed by atoms with Gasteiger partial charge >= 0.3 is 5.97 Å². The fraction of sp³-hybridized carbons (Fsp3) is 0.333. The number of nitrogens with zero attached hydrogens (tertiary/aromatic N) is 1. The Morgan fingerprint density at radius 1 is 0.968 bits per heavy atom. The summed E-state index contributed by atoms with van der Waals surface area (Å²) >= 11 is 0. The molecule has 31 heavy (non-hydrogen) atoms. The molecular formula is C21H22F2N2O5S. The second-order valence-electron chi connectivity index (χ2n) is 7.09. The average molecular weight is 452 g/mol. The Morgan fingerprint density at radius 2 is 1.61 bits per heavy atom. The Labute approximate surface area is 179 Å². The molecule has 2 aromatic rings. The van der Waals surface area contributed by atoms with Gasteiger partial charge in [0.1, 0.15) is 11.6 Å². The number of nitrogens with one attached hydrogen (secondary N) is 1. The number of carbonyl (C=O) groups excluding carboxylic acids is 2. The van der Waals surface area contributed by atoms with Crippen LogP contribution in [0.25, 0.3) is 0 Å². The van der Waals surface area contributed by atoms with Crippen LogP contribution in [0.15, 0.2) is 47.4 Å². The number of sulfonamides is 1. The second-order valence-corrected chi connectivity index (χ2v) is 9.03. The van der Waals surface area contributed by atoms with E-state index in [2.05, 4.69) is 5.32 Å². The van der Waals surface area contributed by atoms with Crippen LogP contribution in [0.2, 0.25) is 0 Å². The number of halogens is 2. The van der Waals surface area contributed by atoms with Crippen LogP contribution < -0.4 is 5.32 Å². The van der Waals surface area contributed by atoms with Crippen LogP contribution >= 0.6 is 0 Å². The van der Waals surface area contributed by atoms with E-state index >= 15 is 0 Å². The fourth-order valence-electron chi connectivity index (χ4n) is 3.19. The summed E-state index contributed by atoms with van der Waals surface area (Å²) in [4.78, 5) is 24.1. The summed E-state index contributed by atoms with van der Waals surface area (Å²) < 4.78 is 58.3. The molecule has 1 amide bonds. The van der Waals surface area contributed by atoms with Gasteiger partial charge in [-0.25, -0.2) is 22.0 Å². The van der Waals surface area contributed by atoms with Crippen molar-refractivity contribution in [2.75, 3.05) is 25.0 Å². The molecule has 1 saturated heterocycles. The number of anilines is 1. The standard InChI is InChI=1S/C21H22F2N2O5S/c22-16-7-10-19(18(23)13-16)24-20(26)14-30-21(27)15-5-8-17(9-6-15)31(28,29)25-11-3-1-2-4-12-25/h5-10,13H,1-4,11-12,14H2,(H,24,26). The SMILES string of the molecule is O=C(COC(=O)c1ccc(S(=O)(=O)N2CCCCCC2)cc1)Nc1ccc(F)cc1F. The largest absolute Gasteiger partial charge is 0.452 e. The summed E-state index contributed by atoms with van der Waals surface area (Å²) in [5, 5.41) is 2.17.